The van der Waals surface area contributed by atoms with Gasteiger partial charge in [0.1, 0.15) is 5.82 Å². The van der Waals surface area contributed by atoms with Crippen LogP contribution in [0.3, 0.4) is 0 Å². The van der Waals surface area contributed by atoms with Gasteiger partial charge in [-0.25, -0.2) is 4.39 Å². The number of pyridine rings is 1. The van der Waals surface area contributed by atoms with Crippen molar-refractivity contribution in [3.63, 3.8) is 0 Å². The fraction of sp³-hybridized carbons (Fsp3) is 0.222. The van der Waals surface area contributed by atoms with Gasteiger partial charge in [-0.05, 0) is 43.2 Å². The van der Waals surface area contributed by atoms with Crippen LogP contribution in [-0.2, 0) is 11.2 Å². The molecule has 0 saturated heterocycles. The summed E-state index contributed by atoms with van der Waals surface area (Å²) in [5.74, 6) is -0.0317. The van der Waals surface area contributed by atoms with E-state index in [0.29, 0.717) is 24.1 Å². The van der Waals surface area contributed by atoms with Crippen molar-refractivity contribution in [2.75, 3.05) is 6.54 Å². The number of hydrogen-bond donors (Lipinski definition) is 1. The lowest BCUT2D eigenvalue weighted by Crippen LogP contribution is -2.32. The van der Waals surface area contributed by atoms with Crippen molar-refractivity contribution >= 4 is 17.7 Å². The van der Waals surface area contributed by atoms with Gasteiger partial charge in [-0.15, -0.1) is 10.2 Å². The lowest BCUT2D eigenvalue weighted by atomic mass is 10.1. The quantitative estimate of drug-likeness (QED) is 0.642. The van der Waals surface area contributed by atoms with E-state index in [1.807, 2.05) is 6.07 Å². The van der Waals surface area contributed by atoms with Gasteiger partial charge in [-0.3, -0.25) is 9.78 Å². The molecule has 2 heterocycles. The Hall–Kier alpha value is -2.74. The number of nitrogens with one attached hydrogen (secondary N) is 1. The van der Waals surface area contributed by atoms with Gasteiger partial charge < -0.3 is 9.73 Å². The average molecular weight is 372 g/mol. The molecule has 1 atom stereocenters. The Morgan fingerprint density at radius 3 is 2.81 bits per heavy atom. The Kier molecular flexibility index (Phi) is 5.96. The second-order valence-electron chi connectivity index (χ2n) is 5.54. The third-order valence-electron chi connectivity index (χ3n) is 3.59. The molecule has 1 N–H and O–H groups in total. The van der Waals surface area contributed by atoms with Crippen molar-refractivity contribution in [2.45, 2.75) is 23.8 Å². The fourth-order valence-electron chi connectivity index (χ4n) is 2.19. The van der Waals surface area contributed by atoms with Crippen LogP contribution in [-0.4, -0.2) is 32.9 Å². The van der Waals surface area contributed by atoms with Crippen LogP contribution in [0.15, 0.2) is 58.4 Å². The molecule has 0 aliphatic carbocycles. The van der Waals surface area contributed by atoms with Gasteiger partial charge in [0.25, 0.3) is 5.22 Å². The minimum atomic E-state index is -0.384. The number of hydrogen-bond acceptors (Lipinski definition) is 6. The van der Waals surface area contributed by atoms with Gasteiger partial charge >= 0.3 is 0 Å². The first-order valence-corrected chi connectivity index (χ1v) is 8.92. The average Bonchev–Trinajstić information content (AvgIpc) is 3.12. The van der Waals surface area contributed by atoms with Gasteiger partial charge in [0.2, 0.25) is 11.8 Å². The monoisotopic (exact) mass is 372 g/mol. The zero-order valence-electron chi connectivity index (χ0n) is 14.1. The molecule has 8 heteroatoms. The van der Waals surface area contributed by atoms with Crippen LogP contribution >= 0.6 is 11.8 Å². The molecular weight excluding hydrogens is 355 g/mol. The van der Waals surface area contributed by atoms with Crippen LogP contribution in [0.4, 0.5) is 4.39 Å². The Balaban J connectivity index is 1.48. The molecule has 26 heavy (non-hydrogen) atoms. The summed E-state index contributed by atoms with van der Waals surface area (Å²) in [6.45, 7) is 2.24. The van der Waals surface area contributed by atoms with Crippen molar-refractivity contribution < 1.29 is 13.6 Å². The van der Waals surface area contributed by atoms with E-state index < -0.39 is 0 Å². The number of aromatic nitrogens is 3. The second-order valence-corrected chi connectivity index (χ2v) is 6.83. The summed E-state index contributed by atoms with van der Waals surface area (Å²) in [6.07, 6.45) is 3.93. The molecule has 0 bridgehead atoms. The number of benzene rings is 1. The van der Waals surface area contributed by atoms with Crippen LogP contribution in [0.25, 0.3) is 11.5 Å². The summed E-state index contributed by atoms with van der Waals surface area (Å²) in [7, 11) is 0. The van der Waals surface area contributed by atoms with Gasteiger partial charge in [0.05, 0.1) is 10.8 Å². The third-order valence-corrected chi connectivity index (χ3v) is 4.52. The summed E-state index contributed by atoms with van der Waals surface area (Å²) in [6, 6.07) is 9.83. The number of carbonyl (C=O) groups excluding carboxylic acids is 1. The van der Waals surface area contributed by atoms with E-state index in [-0.39, 0.29) is 17.0 Å². The van der Waals surface area contributed by atoms with Gasteiger partial charge in [-0.2, -0.15) is 0 Å². The predicted octanol–water partition coefficient (Wildman–Crippen LogP) is 3.11. The summed E-state index contributed by atoms with van der Waals surface area (Å²) in [4.78, 5) is 16.2. The van der Waals surface area contributed by atoms with Gasteiger partial charge in [-0.1, -0.05) is 23.9 Å². The molecule has 3 rings (SSSR count). The maximum atomic E-state index is 12.9. The van der Waals surface area contributed by atoms with E-state index in [1.54, 1.807) is 37.5 Å². The summed E-state index contributed by atoms with van der Waals surface area (Å²) < 4.78 is 18.4. The SMILES string of the molecule is C[C@H](Sc1nnc(-c2cccnc2)o1)C(=O)NCCc1ccc(F)cc1. The molecule has 3 aromatic rings. The third kappa shape index (κ3) is 4.89. The standard InChI is InChI=1S/C18H17FN4O2S/c1-12(16(24)21-10-8-13-4-6-15(19)7-5-13)26-18-23-22-17(25-18)14-3-2-9-20-11-14/h2-7,9,11-12H,8,10H2,1H3,(H,21,24)/t12-/m0/s1. The van der Waals surface area contributed by atoms with Gasteiger partial charge in [0, 0.05) is 18.9 Å². The molecule has 0 aliphatic rings. The smallest absolute Gasteiger partial charge is 0.277 e. The largest absolute Gasteiger partial charge is 0.411 e. The lowest BCUT2D eigenvalue weighted by Gasteiger charge is -2.09. The minimum Gasteiger partial charge on any atom is -0.411 e. The highest BCUT2D eigenvalue weighted by Crippen LogP contribution is 2.25. The molecule has 0 radical (unpaired) electrons. The van der Waals surface area contributed by atoms with Crippen molar-refractivity contribution in [1.82, 2.24) is 20.5 Å². The fourth-order valence-corrected chi connectivity index (χ4v) is 2.90. The van der Waals surface area contributed by atoms with Crippen molar-refractivity contribution in [2.24, 2.45) is 0 Å². The normalized spacial score (nSPS) is 11.9. The second kappa shape index (κ2) is 8.57. The Labute approximate surface area is 154 Å². The van der Waals surface area contributed by atoms with E-state index in [0.717, 1.165) is 11.1 Å². The van der Waals surface area contributed by atoms with Crippen molar-refractivity contribution in [3.8, 4) is 11.5 Å². The molecule has 1 aromatic carbocycles. The van der Waals surface area contributed by atoms with Crippen molar-refractivity contribution in [1.29, 1.82) is 0 Å². The predicted molar refractivity (Wildman–Crippen MR) is 96.0 cm³/mol. The Bertz CT molecular complexity index is 855. The first-order valence-electron chi connectivity index (χ1n) is 8.04. The summed E-state index contributed by atoms with van der Waals surface area (Å²) in [5.41, 5.74) is 1.69. The number of nitrogens with zero attached hydrogens (tertiary/aromatic N) is 3. The first-order chi connectivity index (χ1) is 12.6. The maximum absolute atomic E-state index is 12.9. The lowest BCUT2D eigenvalue weighted by molar-refractivity contribution is -0.120. The highest BCUT2D eigenvalue weighted by molar-refractivity contribution is 8.00. The van der Waals surface area contributed by atoms with Crippen molar-refractivity contribution in [3.05, 3.63) is 60.2 Å². The van der Waals surface area contributed by atoms with E-state index >= 15 is 0 Å². The summed E-state index contributed by atoms with van der Waals surface area (Å²) >= 11 is 1.19. The van der Waals surface area contributed by atoms with E-state index in [2.05, 4.69) is 20.5 Å². The Morgan fingerprint density at radius 1 is 1.27 bits per heavy atom. The molecule has 6 nitrogen and oxygen atoms in total. The number of amides is 1. The molecule has 2 aromatic heterocycles. The molecular formula is C18H17FN4O2S. The number of thioether (sulfide) groups is 1. The van der Waals surface area contributed by atoms with Crippen LogP contribution < -0.4 is 5.32 Å². The molecule has 0 unspecified atom stereocenters. The maximum Gasteiger partial charge on any atom is 0.277 e. The van der Waals surface area contributed by atoms with E-state index in [1.165, 1.54) is 23.9 Å². The van der Waals surface area contributed by atoms with Crippen LogP contribution in [0.1, 0.15) is 12.5 Å². The molecule has 0 spiro atoms. The Morgan fingerprint density at radius 2 is 2.08 bits per heavy atom. The molecule has 1 amide bonds. The zero-order valence-corrected chi connectivity index (χ0v) is 14.9. The molecule has 0 saturated carbocycles. The number of rotatable bonds is 7. The highest BCUT2D eigenvalue weighted by atomic mass is 32.2. The van der Waals surface area contributed by atoms with Crippen LogP contribution in [0.2, 0.25) is 0 Å². The number of carbonyl (C=O) groups is 1. The van der Waals surface area contributed by atoms with Crippen LogP contribution in [0, 0.1) is 5.82 Å². The first kappa shape index (κ1) is 18.1. The number of halogens is 1. The zero-order chi connectivity index (χ0) is 18.4. The topological polar surface area (TPSA) is 80.9 Å². The minimum absolute atomic E-state index is 0.127. The van der Waals surface area contributed by atoms with E-state index in [4.69, 9.17) is 4.42 Å². The molecule has 0 fully saturated rings. The van der Waals surface area contributed by atoms with Crippen LogP contribution in [0.5, 0.6) is 0 Å². The molecule has 0 aliphatic heterocycles. The summed E-state index contributed by atoms with van der Waals surface area (Å²) in [5, 5.41) is 10.7. The van der Waals surface area contributed by atoms with E-state index in [9.17, 15) is 9.18 Å². The molecule has 134 valence electrons. The highest BCUT2D eigenvalue weighted by Gasteiger charge is 2.18. The van der Waals surface area contributed by atoms with Gasteiger partial charge in [0.15, 0.2) is 0 Å².